The topological polar surface area (TPSA) is 114 Å². The van der Waals surface area contributed by atoms with Gasteiger partial charge in [0.1, 0.15) is 29.3 Å². The van der Waals surface area contributed by atoms with Crippen LogP contribution in [0.5, 0.6) is 0 Å². The van der Waals surface area contributed by atoms with E-state index >= 15 is 0 Å². The van der Waals surface area contributed by atoms with Crippen LogP contribution in [-0.2, 0) is 36.7 Å². The quantitative estimate of drug-likeness (QED) is 0.134. The molecule has 0 aromatic heterocycles. The molecule has 9 heteroatoms. The van der Waals surface area contributed by atoms with Crippen molar-refractivity contribution in [1.29, 1.82) is 0 Å². The smallest absolute Gasteiger partial charge is 0.408 e. The van der Waals surface area contributed by atoms with E-state index in [1.54, 1.807) is 65.8 Å². The molecular formula is C40H53N3O6. The van der Waals surface area contributed by atoms with Crippen LogP contribution in [0.15, 0.2) is 91.0 Å². The molecule has 49 heavy (non-hydrogen) atoms. The maximum absolute atomic E-state index is 14.7. The molecule has 0 aliphatic rings. The Morgan fingerprint density at radius 3 is 1.63 bits per heavy atom. The Kier molecular flexibility index (Phi) is 14.4. The molecule has 3 atom stereocenters. The summed E-state index contributed by atoms with van der Waals surface area (Å²) >= 11 is 0. The van der Waals surface area contributed by atoms with Crippen molar-refractivity contribution in [3.05, 3.63) is 108 Å². The van der Waals surface area contributed by atoms with Gasteiger partial charge in [-0.05, 0) is 64.7 Å². The highest BCUT2D eigenvalue weighted by Crippen LogP contribution is 2.25. The first-order valence-corrected chi connectivity index (χ1v) is 17.1. The van der Waals surface area contributed by atoms with Crippen LogP contribution in [0, 0.1) is 0 Å². The Morgan fingerprint density at radius 2 is 1.14 bits per heavy atom. The van der Waals surface area contributed by atoms with Gasteiger partial charge in [0.05, 0.1) is 0 Å². The molecular weight excluding hydrogens is 618 g/mol. The molecule has 0 spiro atoms. The monoisotopic (exact) mass is 671 g/mol. The van der Waals surface area contributed by atoms with Crippen LogP contribution in [0.3, 0.4) is 0 Å². The first-order chi connectivity index (χ1) is 23.2. The molecule has 0 saturated heterocycles. The average Bonchev–Trinajstić information content (AvgIpc) is 3.03. The number of ether oxygens (including phenoxy) is 2. The van der Waals surface area contributed by atoms with Gasteiger partial charge in [-0.3, -0.25) is 9.59 Å². The second kappa shape index (κ2) is 18.2. The fourth-order valence-electron chi connectivity index (χ4n) is 5.37. The van der Waals surface area contributed by atoms with E-state index in [0.717, 1.165) is 24.0 Å². The van der Waals surface area contributed by atoms with Gasteiger partial charge >= 0.3 is 12.1 Å². The summed E-state index contributed by atoms with van der Waals surface area (Å²) in [4.78, 5) is 57.5. The number of unbranched alkanes of at least 4 members (excludes halogenated alkanes) is 2. The number of esters is 1. The Morgan fingerprint density at radius 1 is 0.653 bits per heavy atom. The Hall–Kier alpha value is -4.66. The molecule has 3 aromatic carbocycles. The molecule has 0 bridgehead atoms. The average molecular weight is 672 g/mol. The van der Waals surface area contributed by atoms with E-state index < -0.39 is 53.2 Å². The number of carbonyl (C=O) groups is 4. The highest BCUT2D eigenvalue weighted by molar-refractivity contribution is 5.94. The van der Waals surface area contributed by atoms with Gasteiger partial charge in [-0.1, -0.05) is 111 Å². The molecule has 2 N–H and O–H groups in total. The number of nitrogens with one attached hydrogen (secondary N) is 2. The van der Waals surface area contributed by atoms with E-state index in [1.165, 1.54) is 4.90 Å². The summed E-state index contributed by atoms with van der Waals surface area (Å²) in [5.41, 5.74) is 0.681. The van der Waals surface area contributed by atoms with Gasteiger partial charge < -0.3 is 25.0 Å². The highest BCUT2D eigenvalue weighted by atomic mass is 16.6. The first kappa shape index (κ1) is 38.8. The van der Waals surface area contributed by atoms with Crippen molar-refractivity contribution >= 4 is 23.9 Å². The number of carbonyl (C=O) groups excluding carboxylic acids is 4. The summed E-state index contributed by atoms with van der Waals surface area (Å²) < 4.78 is 11.3. The van der Waals surface area contributed by atoms with E-state index in [0.29, 0.717) is 12.0 Å². The zero-order valence-corrected chi connectivity index (χ0v) is 30.0. The molecule has 0 fully saturated rings. The normalized spacial score (nSPS) is 13.4. The second-order valence-electron chi connectivity index (χ2n) is 14.2. The van der Waals surface area contributed by atoms with Crippen LogP contribution in [0.25, 0.3) is 0 Å². The molecule has 0 aliphatic heterocycles. The summed E-state index contributed by atoms with van der Waals surface area (Å²) in [7, 11) is 0. The van der Waals surface area contributed by atoms with Crippen LogP contribution in [0.1, 0.15) is 90.5 Å². The summed E-state index contributed by atoms with van der Waals surface area (Å²) in [5.74, 6) is -1.54. The van der Waals surface area contributed by atoms with E-state index in [4.69, 9.17) is 9.47 Å². The van der Waals surface area contributed by atoms with Crippen molar-refractivity contribution in [2.24, 2.45) is 0 Å². The molecule has 0 heterocycles. The third kappa shape index (κ3) is 13.4. The Bertz CT molecular complexity index is 1480. The molecule has 264 valence electrons. The van der Waals surface area contributed by atoms with Gasteiger partial charge in [0, 0.05) is 19.4 Å². The van der Waals surface area contributed by atoms with E-state index in [9.17, 15) is 19.2 Å². The van der Waals surface area contributed by atoms with Crippen LogP contribution in [-0.4, -0.2) is 58.6 Å². The predicted molar refractivity (Wildman–Crippen MR) is 192 cm³/mol. The van der Waals surface area contributed by atoms with Crippen molar-refractivity contribution < 1.29 is 28.7 Å². The lowest BCUT2D eigenvalue weighted by Gasteiger charge is -2.35. The van der Waals surface area contributed by atoms with Crippen molar-refractivity contribution in [2.75, 3.05) is 6.54 Å². The minimum absolute atomic E-state index is 0.181. The fourth-order valence-corrected chi connectivity index (χ4v) is 5.37. The Balaban J connectivity index is 2.07. The molecule has 0 saturated carbocycles. The third-order valence-corrected chi connectivity index (χ3v) is 7.52. The molecule has 0 aliphatic carbocycles. The van der Waals surface area contributed by atoms with E-state index in [2.05, 4.69) is 17.6 Å². The number of amides is 3. The molecule has 9 nitrogen and oxygen atoms in total. The number of alkyl carbamates (subject to hydrolysis) is 1. The molecule has 3 rings (SSSR count). The van der Waals surface area contributed by atoms with Gasteiger partial charge in [-0.2, -0.15) is 0 Å². The molecule has 3 unspecified atom stereocenters. The number of rotatable bonds is 15. The number of benzene rings is 3. The van der Waals surface area contributed by atoms with Gasteiger partial charge in [0.25, 0.3) is 0 Å². The largest absolute Gasteiger partial charge is 0.458 e. The molecule has 3 aromatic rings. The van der Waals surface area contributed by atoms with E-state index in [-0.39, 0.29) is 19.4 Å². The summed E-state index contributed by atoms with van der Waals surface area (Å²) in [6, 6.07) is 24.6. The summed E-state index contributed by atoms with van der Waals surface area (Å²) in [6.07, 6.45) is 1.99. The molecule has 0 radical (unpaired) electrons. The van der Waals surface area contributed by atoms with Crippen molar-refractivity contribution in [1.82, 2.24) is 15.5 Å². The van der Waals surface area contributed by atoms with Crippen LogP contribution >= 0.6 is 0 Å². The Labute approximate surface area is 291 Å². The lowest BCUT2D eigenvalue weighted by Crippen LogP contribution is -2.55. The zero-order chi connectivity index (χ0) is 36.0. The number of hydrogen-bond acceptors (Lipinski definition) is 6. The highest BCUT2D eigenvalue weighted by Gasteiger charge is 2.38. The van der Waals surface area contributed by atoms with Crippen molar-refractivity contribution in [3.8, 4) is 0 Å². The van der Waals surface area contributed by atoms with E-state index in [1.807, 2.05) is 66.7 Å². The minimum Gasteiger partial charge on any atom is -0.458 e. The van der Waals surface area contributed by atoms with Gasteiger partial charge in [0.15, 0.2) is 0 Å². The second-order valence-corrected chi connectivity index (χ2v) is 14.2. The number of hydrogen-bond donors (Lipinski definition) is 2. The van der Waals surface area contributed by atoms with Crippen molar-refractivity contribution in [2.45, 2.75) is 110 Å². The van der Waals surface area contributed by atoms with Crippen LogP contribution < -0.4 is 10.6 Å². The van der Waals surface area contributed by atoms with Gasteiger partial charge in [-0.15, -0.1) is 0 Å². The van der Waals surface area contributed by atoms with Crippen molar-refractivity contribution in [3.63, 3.8) is 0 Å². The maximum atomic E-state index is 14.7. The SMILES string of the molecule is CCCCCN(C(=O)C(Cc1ccccc1)NC(=O)OC(C)(C)C)C(C(=O)NC(Cc1ccccc1)C(=O)OC(C)(C)C)c1ccccc1. The lowest BCUT2D eigenvalue weighted by molar-refractivity contribution is -0.159. The van der Waals surface area contributed by atoms with Crippen LogP contribution in [0.4, 0.5) is 4.79 Å². The first-order valence-electron chi connectivity index (χ1n) is 17.1. The third-order valence-electron chi connectivity index (χ3n) is 7.52. The zero-order valence-electron chi connectivity index (χ0n) is 30.0. The van der Waals surface area contributed by atoms with Gasteiger partial charge in [-0.25, -0.2) is 9.59 Å². The summed E-state index contributed by atoms with van der Waals surface area (Å²) in [6.45, 7) is 12.9. The lowest BCUT2D eigenvalue weighted by atomic mass is 9.99. The maximum Gasteiger partial charge on any atom is 0.408 e. The predicted octanol–water partition coefficient (Wildman–Crippen LogP) is 6.95. The van der Waals surface area contributed by atoms with Crippen LogP contribution in [0.2, 0.25) is 0 Å². The minimum atomic E-state index is -1.11. The summed E-state index contributed by atoms with van der Waals surface area (Å²) in [5, 5.41) is 5.75. The van der Waals surface area contributed by atoms with Gasteiger partial charge in [0.2, 0.25) is 11.8 Å². The standard InChI is InChI=1S/C40H53N3O6/c1-8-9-19-26-43(36(45)32(27-29-20-13-10-14-21-29)42-38(47)49-40(5,6)7)34(31-24-17-12-18-25-31)35(44)41-33(37(46)48-39(2,3)4)28-30-22-15-11-16-23-30/h10-18,20-25,32-34H,8-9,19,26-28H2,1-7H3,(H,41,44)(H,42,47). The molecule has 3 amide bonds. The fraction of sp³-hybridized carbons (Fsp3) is 0.450. The number of nitrogens with zero attached hydrogens (tertiary/aromatic N) is 1.